The van der Waals surface area contributed by atoms with Gasteiger partial charge in [-0.25, -0.2) is 9.97 Å². The van der Waals surface area contributed by atoms with E-state index in [-0.39, 0.29) is 11.0 Å². The van der Waals surface area contributed by atoms with Gasteiger partial charge in [-0.1, -0.05) is 11.6 Å². The highest BCUT2D eigenvalue weighted by molar-refractivity contribution is 6.29. The van der Waals surface area contributed by atoms with Crippen LogP contribution in [-0.4, -0.2) is 22.0 Å². The van der Waals surface area contributed by atoms with Crippen LogP contribution < -0.4 is 4.90 Å². The minimum atomic E-state index is -4.63. The number of pyridine rings is 1. The third-order valence-electron chi connectivity index (χ3n) is 2.50. The Morgan fingerprint density at radius 3 is 2.45 bits per heavy atom. The lowest BCUT2D eigenvalue weighted by molar-refractivity contribution is -0.144. The molecule has 4 nitrogen and oxygen atoms in total. The van der Waals surface area contributed by atoms with Gasteiger partial charge in [-0.05, 0) is 17.7 Å². The second-order valence-corrected chi connectivity index (χ2v) is 4.47. The molecule has 2 aromatic rings. The molecule has 0 aliphatic carbocycles. The maximum Gasteiger partial charge on any atom is 0.451 e. The molecule has 0 amide bonds. The zero-order valence-corrected chi connectivity index (χ0v) is 11.2. The summed E-state index contributed by atoms with van der Waals surface area (Å²) in [5.41, 5.74) is 0.894. The number of hydrogen-bond donors (Lipinski definition) is 0. The molecule has 0 saturated heterocycles. The van der Waals surface area contributed by atoms with E-state index in [1.54, 1.807) is 36.5 Å². The second kappa shape index (κ2) is 5.62. The van der Waals surface area contributed by atoms with Gasteiger partial charge in [-0.2, -0.15) is 13.2 Å². The van der Waals surface area contributed by atoms with Crippen molar-refractivity contribution in [2.45, 2.75) is 12.7 Å². The summed E-state index contributed by atoms with van der Waals surface area (Å²) in [6.07, 6.45) is -1.41. The van der Waals surface area contributed by atoms with Crippen molar-refractivity contribution < 1.29 is 13.2 Å². The molecule has 20 heavy (non-hydrogen) atoms. The van der Waals surface area contributed by atoms with E-state index in [9.17, 15) is 13.2 Å². The summed E-state index contributed by atoms with van der Waals surface area (Å²) in [6.45, 7) is 0.382. The smallest absolute Gasteiger partial charge is 0.355 e. The molecule has 0 aromatic carbocycles. The number of anilines is 1. The number of alkyl halides is 3. The van der Waals surface area contributed by atoms with Crippen LogP contribution in [0.5, 0.6) is 0 Å². The van der Waals surface area contributed by atoms with E-state index in [2.05, 4.69) is 15.0 Å². The molecule has 0 N–H and O–H groups in total. The molecule has 0 saturated carbocycles. The first kappa shape index (κ1) is 14.5. The Labute approximate surface area is 118 Å². The maximum atomic E-state index is 12.6. The number of nitrogens with zero attached hydrogens (tertiary/aromatic N) is 4. The Balaban J connectivity index is 2.26. The predicted molar refractivity (Wildman–Crippen MR) is 68.4 cm³/mol. The summed E-state index contributed by atoms with van der Waals surface area (Å²) in [7, 11) is 1.62. The zero-order valence-electron chi connectivity index (χ0n) is 10.4. The molecule has 0 spiro atoms. The molecule has 0 atom stereocenters. The molecule has 0 radical (unpaired) electrons. The normalized spacial score (nSPS) is 11.4. The van der Waals surface area contributed by atoms with Crippen molar-refractivity contribution in [2.24, 2.45) is 0 Å². The minimum absolute atomic E-state index is 0.106. The summed E-state index contributed by atoms with van der Waals surface area (Å²) in [6, 6.07) is 4.83. The Bertz CT molecular complexity index is 589. The predicted octanol–water partition coefficient (Wildman–Crippen LogP) is 3.18. The standard InChI is InChI=1S/C12H10ClF3N4/c1-20(7-8-2-4-17-5-3-8)10-6-9(13)18-11(19-10)12(14,15)16/h2-6H,7H2,1H3. The zero-order chi connectivity index (χ0) is 14.8. The first-order valence-electron chi connectivity index (χ1n) is 5.58. The van der Waals surface area contributed by atoms with Crippen molar-refractivity contribution >= 4 is 17.4 Å². The lowest BCUT2D eigenvalue weighted by Gasteiger charge is -2.19. The SMILES string of the molecule is CN(Cc1ccncc1)c1cc(Cl)nc(C(F)(F)F)n1. The highest BCUT2D eigenvalue weighted by atomic mass is 35.5. The molecule has 0 unspecified atom stereocenters. The molecule has 2 heterocycles. The van der Waals surface area contributed by atoms with Gasteiger partial charge in [0.2, 0.25) is 5.82 Å². The Kier molecular flexibility index (Phi) is 4.08. The lowest BCUT2D eigenvalue weighted by atomic mass is 10.2. The van der Waals surface area contributed by atoms with Crippen LogP contribution in [0, 0.1) is 0 Å². The van der Waals surface area contributed by atoms with Gasteiger partial charge < -0.3 is 4.90 Å². The number of hydrogen-bond acceptors (Lipinski definition) is 4. The van der Waals surface area contributed by atoms with Gasteiger partial charge in [0.15, 0.2) is 0 Å². The average Bonchev–Trinajstić information content (AvgIpc) is 2.38. The van der Waals surface area contributed by atoms with Crippen LogP contribution in [0.1, 0.15) is 11.4 Å². The van der Waals surface area contributed by atoms with Crippen molar-refractivity contribution in [3.63, 3.8) is 0 Å². The van der Waals surface area contributed by atoms with Crippen LogP contribution in [0.4, 0.5) is 19.0 Å². The molecule has 2 aromatic heterocycles. The molecule has 0 fully saturated rings. The molecule has 2 rings (SSSR count). The van der Waals surface area contributed by atoms with E-state index in [0.29, 0.717) is 6.54 Å². The van der Waals surface area contributed by atoms with E-state index in [1.165, 1.54) is 6.07 Å². The van der Waals surface area contributed by atoms with E-state index in [1.807, 2.05) is 0 Å². The molecular weight excluding hydrogens is 293 g/mol. The monoisotopic (exact) mass is 302 g/mol. The first-order chi connectivity index (χ1) is 9.36. The lowest BCUT2D eigenvalue weighted by Crippen LogP contribution is -2.20. The Morgan fingerprint density at radius 1 is 1.20 bits per heavy atom. The van der Waals surface area contributed by atoms with Crippen molar-refractivity contribution in [3.05, 3.63) is 47.1 Å². The van der Waals surface area contributed by atoms with Gasteiger partial charge >= 0.3 is 6.18 Å². The number of rotatable bonds is 3. The van der Waals surface area contributed by atoms with Gasteiger partial charge in [0.05, 0.1) is 0 Å². The minimum Gasteiger partial charge on any atom is -0.355 e. The third-order valence-corrected chi connectivity index (χ3v) is 2.69. The summed E-state index contributed by atoms with van der Waals surface area (Å²) in [5.74, 6) is -1.14. The highest BCUT2D eigenvalue weighted by Gasteiger charge is 2.35. The van der Waals surface area contributed by atoms with E-state index >= 15 is 0 Å². The van der Waals surface area contributed by atoms with E-state index in [4.69, 9.17) is 11.6 Å². The van der Waals surface area contributed by atoms with Crippen LogP contribution in [0.3, 0.4) is 0 Å². The van der Waals surface area contributed by atoms with Crippen molar-refractivity contribution in [1.29, 1.82) is 0 Å². The van der Waals surface area contributed by atoms with Crippen LogP contribution in [0.15, 0.2) is 30.6 Å². The fraction of sp³-hybridized carbons (Fsp3) is 0.250. The summed E-state index contributed by atoms with van der Waals surface area (Å²) < 4.78 is 37.9. The van der Waals surface area contributed by atoms with Gasteiger partial charge in [0, 0.05) is 32.1 Å². The van der Waals surface area contributed by atoms with Crippen LogP contribution in [0.25, 0.3) is 0 Å². The molecule has 0 aliphatic heterocycles. The topological polar surface area (TPSA) is 41.9 Å². The molecule has 8 heteroatoms. The number of aromatic nitrogens is 3. The highest BCUT2D eigenvalue weighted by Crippen LogP contribution is 2.29. The first-order valence-corrected chi connectivity index (χ1v) is 5.96. The number of halogens is 4. The Hall–Kier alpha value is -1.89. The molecule has 106 valence electrons. The molecule has 0 bridgehead atoms. The average molecular weight is 303 g/mol. The quantitative estimate of drug-likeness (QED) is 0.817. The Morgan fingerprint density at radius 2 is 1.85 bits per heavy atom. The second-order valence-electron chi connectivity index (χ2n) is 4.08. The van der Waals surface area contributed by atoms with E-state index in [0.717, 1.165) is 5.56 Å². The largest absolute Gasteiger partial charge is 0.451 e. The van der Waals surface area contributed by atoms with E-state index < -0.39 is 12.0 Å². The fourth-order valence-corrected chi connectivity index (χ4v) is 1.75. The summed E-state index contributed by atoms with van der Waals surface area (Å²) >= 11 is 5.62. The summed E-state index contributed by atoms with van der Waals surface area (Å²) in [5, 5.41) is -0.246. The maximum absolute atomic E-state index is 12.6. The van der Waals surface area contributed by atoms with Gasteiger partial charge in [-0.15, -0.1) is 0 Å². The third kappa shape index (κ3) is 3.57. The van der Waals surface area contributed by atoms with Crippen LogP contribution in [-0.2, 0) is 12.7 Å². The van der Waals surface area contributed by atoms with Crippen LogP contribution in [0.2, 0.25) is 5.15 Å². The molecular formula is C12H10ClF3N4. The molecule has 0 aliphatic rings. The fourth-order valence-electron chi connectivity index (χ4n) is 1.57. The van der Waals surface area contributed by atoms with Gasteiger partial charge in [-0.3, -0.25) is 4.98 Å². The van der Waals surface area contributed by atoms with Crippen molar-refractivity contribution in [2.75, 3.05) is 11.9 Å². The van der Waals surface area contributed by atoms with Crippen molar-refractivity contribution in [1.82, 2.24) is 15.0 Å². The van der Waals surface area contributed by atoms with Gasteiger partial charge in [0.25, 0.3) is 0 Å². The van der Waals surface area contributed by atoms with Crippen LogP contribution >= 0.6 is 11.6 Å². The van der Waals surface area contributed by atoms with Crippen molar-refractivity contribution in [3.8, 4) is 0 Å². The van der Waals surface area contributed by atoms with Gasteiger partial charge in [0.1, 0.15) is 11.0 Å². The summed E-state index contributed by atoms with van der Waals surface area (Å²) in [4.78, 5) is 12.1.